The standard InChI is InChI=1S/C25H35N.C14H18O/c1-17(2)13-21(23-9-7-8-10-25(23)26)11-12-22-16-19(5)15-20(6)24(22)14-18(3)4;1-3-14(11(2)15-13-9-10-13)12-7-5-4-6-8-12/h7-11,15-18H,12-14,26H2,1-6H3;4-8,13H,3,9-10H2,1-2H3/b21-11-;14-11+. The lowest BCUT2D eigenvalue weighted by Gasteiger charge is -2.17. The highest BCUT2D eigenvalue weighted by atomic mass is 16.5. The van der Waals surface area contributed by atoms with Crippen molar-refractivity contribution in [3.8, 4) is 0 Å². The normalized spacial score (nSPS) is 14.0. The number of benzene rings is 3. The summed E-state index contributed by atoms with van der Waals surface area (Å²) in [4.78, 5) is 0. The van der Waals surface area contributed by atoms with E-state index in [-0.39, 0.29) is 0 Å². The largest absolute Gasteiger partial charge is 0.495 e. The summed E-state index contributed by atoms with van der Waals surface area (Å²) in [5.74, 6) is 2.38. The van der Waals surface area contributed by atoms with Crippen molar-refractivity contribution in [2.45, 2.75) is 100 Å². The molecule has 2 N–H and O–H groups in total. The highest BCUT2D eigenvalue weighted by Crippen LogP contribution is 2.31. The van der Waals surface area contributed by atoms with Crippen molar-refractivity contribution in [1.29, 1.82) is 0 Å². The second-order valence-electron chi connectivity index (χ2n) is 12.5. The van der Waals surface area contributed by atoms with Gasteiger partial charge in [-0.2, -0.15) is 0 Å². The number of anilines is 1. The van der Waals surface area contributed by atoms with Crippen LogP contribution in [0.1, 0.15) is 101 Å². The van der Waals surface area contributed by atoms with Crippen molar-refractivity contribution in [2.24, 2.45) is 11.8 Å². The molecule has 0 unspecified atom stereocenters. The Hall–Kier alpha value is -3.26. The fourth-order valence-corrected chi connectivity index (χ4v) is 5.54. The third-order valence-corrected chi connectivity index (χ3v) is 7.59. The monoisotopic (exact) mass is 551 g/mol. The van der Waals surface area contributed by atoms with Gasteiger partial charge in [-0.25, -0.2) is 0 Å². The maximum Gasteiger partial charge on any atom is 0.0985 e. The number of nitrogen functional groups attached to an aromatic ring is 1. The molecule has 3 aromatic rings. The average Bonchev–Trinajstić information content (AvgIpc) is 3.74. The fraction of sp³-hybridized carbons (Fsp3) is 0.436. The average molecular weight is 552 g/mol. The molecule has 2 nitrogen and oxygen atoms in total. The van der Waals surface area contributed by atoms with Crippen molar-refractivity contribution in [3.63, 3.8) is 0 Å². The van der Waals surface area contributed by atoms with E-state index in [1.54, 1.807) is 0 Å². The van der Waals surface area contributed by atoms with Gasteiger partial charge < -0.3 is 10.5 Å². The number of nitrogens with two attached hydrogens (primary N) is 1. The van der Waals surface area contributed by atoms with Crippen LogP contribution in [0, 0.1) is 25.7 Å². The summed E-state index contributed by atoms with van der Waals surface area (Å²) >= 11 is 0. The van der Waals surface area contributed by atoms with Gasteiger partial charge in [0, 0.05) is 11.3 Å². The summed E-state index contributed by atoms with van der Waals surface area (Å²) in [6.07, 6.45) is 9.55. The third-order valence-electron chi connectivity index (χ3n) is 7.59. The second-order valence-corrected chi connectivity index (χ2v) is 12.5. The summed E-state index contributed by atoms with van der Waals surface area (Å²) in [5.41, 5.74) is 18.1. The number of ether oxygens (including phenoxy) is 1. The number of hydrogen-bond donors (Lipinski definition) is 1. The van der Waals surface area contributed by atoms with Gasteiger partial charge >= 0.3 is 0 Å². The Kier molecular flexibility index (Phi) is 12.3. The van der Waals surface area contributed by atoms with E-state index in [0.717, 1.165) is 37.1 Å². The molecule has 0 bridgehead atoms. The van der Waals surface area contributed by atoms with Crippen LogP contribution in [-0.2, 0) is 17.6 Å². The first-order chi connectivity index (χ1) is 19.6. The van der Waals surface area contributed by atoms with E-state index in [2.05, 4.69) is 110 Å². The van der Waals surface area contributed by atoms with Crippen molar-refractivity contribution in [3.05, 3.63) is 112 Å². The lowest BCUT2D eigenvalue weighted by atomic mass is 9.89. The van der Waals surface area contributed by atoms with Crippen LogP contribution in [-0.4, -0.2) is 6.10 Å². The number of para-hydroxylation sites is 1. The molecule has 0 heterocycles. The summed E-state index contributed by atoms with van der Waals surface area (Å²) in [6.45, 7) is 17.9. The SMILES string of the molecule is CC/C(=C(/C)OC1CC1)c1ccccc1.Cc1cc(C)c(CC(C)C)c(C/C=C(/CC(C)C)c2ccccc2N)c1. The van der Waals surface area contributed by atoms with Gasteiger partial charge in [-0.15, -0.1) is 0 Å². The van der Waals surface area contributed by atoms with E-state index in [1.807, 2.05) is 18.2 Å². The maximum absolute atomic E-state index is 6.27. The highest BCUT2D eigenvalue weighted by Gasteiger charge is 2.24. The lowest BCUT2D eigenvalue weighted by Crippen LogP contribution is -2.04. The van der Waals surface area contributed by atoms with Gasteiger partial charge in [0.25, 0.3) is 0 Å². The molecule has 3 aromatic carbocycles. The van der Waals surface area contributed by atoms with E-state index in [9.17, 15) is 0 Å². The third kappa shape index (κ3) is 10.3. The number of rotatable bonds is 11. The minimum absolute atomic E-state index is 0.496. The van der Waals surface area contributed by atoms with Crippen LogP contribution >= 0.6 is 0 Å². The van der Waals surface area contributed by atoms with E-state index in [0.29, 0.717) is 17.9 Å². The quantitative estimate of drug-likeness (QED) is 0.190. The molecular weight excluding hydrogens is 498 g/mol. The first-order valence-electron chi connectivity index (χ1n) is 15.6. The lowest BCUT2D eigenvalue weighted by molar-refractivity contribution is 0.200. The molecule has 0 aromatic heterocycles. The van der Waals surface area contributed by atoms with Crippen LogP contribution < -0.4 is 5.73 Å². The van der Waals surface area contributed by atoms with Crippen LogP contribution in [0.4, 0.5) is 5.69 Å². The Morgan fingerprint density at radius 2 is 1.59 bits per heavy atom. The van der Waals surface area contributed by atoms with Gasteiger partial charge in [-0.3, -0.25) is 0 Å². The second kappa shape index (κ2) is 15.7. The van der Waals surface area contributed by atoms with Crippen LogP contribution in [0.25, 0.3) is 11.1 Å². The zero-order valence-corrected chi connectivity index (χ0v) is 26.9. The molecule has 0 atom stereocenters. The molecule has 0 aliphatic heterocycles. The summed E-state index contributed by atoms with van der Waals surface area (Å²) in [7, 11) is 0. The van der Waals surface area contributed by atoms with Crippen LogP contribution in [0.3, 0.4) is 0 Å². The molecular formula is C39H53NO. The first kappa shape index (κ1) is 32.3. The van der Waals surface area contributed by atoms with Crippen LogP contribution in [0.5, 0.6) is 0 Å². The van der Waals surface area contributed by atoms with Gasteiger partial charge in [0.1, 0.15) is 0 Å². The zero-order valence-electron chi connectivity index (χ0n) is 26.9. The Morgan fingerprint density at radius 3 is 2.17 bits per heavy atom. The molecule has 0 saturated heterocycles. The number of aryl methyl sites for hydroxylation is 2. The first-order valence-corrected chi connectivity index (χ1v) is 15.6. The predicted molar refractivity (Wildman–Crippen MR) is 180 cm³/mol. The maximum atomic E-state index is 6.27. The molecule has 0 spiro atoms. The molecule has 0 amide bonds. The highest BCUT2D eigenvalue weighted by molar-refractivity contribution is 5.75. The summed E-state index contributed by atoms with van der Waals surface area (Å²) in [5, 5.41) is 0. The number of allylic oxidation sites excluding steroid dienone is 4. The molecule has 2 heteroatoms. The van der Waals surface area contributed by atoms with Gasteiger partial charge in [-0.05, 0) is 111 Å². The van der Waals surface area contributed by atoms with Gasteiger partial charge in [-0.1, -0.05) is 107 Å². The Morgan fingerprint density at radius 1 is 0.927 bits per heavy atom. The molecule has 1 saturated carbocycles. The number of hydrogen-bond acceptors (Lipinski definition) is 2. The Bertz CT molecular complexity index is 1310. The van der Waals surface area contributed by atoms with Crippen molar-refractivity contribution >= 4 is 16.8 Å². The van der Waals surface area contributed by atoms with Crippen LogP contribution in [0.15, 0.2) is 78.6 Å². The zero-order chi connectivity index (χ0) is 29.9. The van der Waals surface area contributed by atoms with Crippen molar-refractivity contribution in [2.75, 3.05) is 5.73 Å². The minimum Gasteiger partial charge on any atom is -0.495 e. The molecule has 220 valence electrons. The molecule has 1 aliphatic carbocycles. The fourth-order valence-electron chi connectivity index (χ4n) is 5.54. The van der Waals surface area contributed by atoms with Gasteiger partial charge in [0.2, 0.25) is 0 Å². The molecule has 0 radical (unpaired) electrons. The smallest absolute Gasteiger partial charge is 0.0985 e. The summed E-state index contributed by atoms with van der Waals surface area (Å²) < 4.78 is 5.85. The molecule has 1 fully saturated rings. The van der Waals surface area contributed by atoms with Gasteiger partial charge in [0.05, 0.1) is 11.9 Å². The van der Waals surface area contributed by atoms with E-state index in [4.69, 9.17) is 10.5 Å². The van der Waals surface area contributed by atoms with Crippen molar-refractivity contribution < 1.29 is 4.74 Å². The molecule has 1 aliphatic rings. The van der Waals surface area contributed by atoms with Crippen LogP contribution in [0.2, 0.25) is 0 Å². The minimum atomic E-state index is 0.496. The van der Waals surface area contributed by atoms with Crippen molar-refractivity contribution in [1.82, 2.24) is 0 Å². The van der Waals surface area contributed by atoms with E-state index in [1.165, 1.54) is 57.4 Å². The molecule has 41 heavy (non-hydrogen) atoms. The van der Waals surface area contributed by atoms with Gasteiger partial charge in [0.15, 0.2) is 0 Å². The summed E-state index contributed by atoms with van der Waals surface area (Å²) in [6, 6.07) is 23.4. The predicted octanol–water partition coefficient (Wildman–Crippen LogP) is 10.8. The Labute approximate surface area is 250 Å². The van der Waals surface area contributed by atoms with E-state index >= 15 is 0 Å². The molecule has 4 rings (SSSR count). The topological polar surface area (TPSA) is 35.2 Å². The van der Waals surface area contributed by atoms with E-state index < -0.39 is 0 Å². The Balaban J connectivity index is 0.000000260.